The van der Waals surface area contributed by atoms with Gasteiger partial charge in [0.2, 0.25) is 10.0 Å². The average Bonchev–Trinajstić information content (AvgIpc) is 3.15. The summed E-state index contributed by atoms with van der Waals surface area (Å²) in [6.07, 6.45) is 1.86. The number of hydrogen-bond acceptors (Lipinski definition) is 3. The smallest absolute Gasteiger partial charge is 0.243 e. The van der Waals surface area contributed by atoms with Gasteiger partial charge in [0.05, 0.1) is 11.4 Å². The summed E-state index contributed by atoms with van der Waals surface area (Å²) >= 11 is 0. The van der Waals surface area contributed by atoms with Gasteiger partial charge in [-0.2, -0.15) is 4.31 Å². The van der Waals surface area contributed by atoms with Crippen molar-refractivity contribution < 1.29 is 8.42 Å². The van der Waals surface area contributed by atoms with E-state index < -0.39 is 10.0 Å². The van der Waals surface area contributed by atoms with Crippen molar-refractivity contribution in [1.82, 2.24) is 4.31 Å². The molecule has 0 bridgehead atoms. The largest absolute Gasteiger partial charge is 0.370 e. The second kappa shape index (κ2) is 9.71. The Morgan fingerprint density at radius 2 is 1.64 bits per heavy atom. The van der Waals surface area contributed by atoms with E-state index in [2.05, 4.69) is 16.4 Å². The number of nitrogens with two attached hydrogens (primary N) is 1. The van der Waals surface area contributed by atoms with E-state index in [1.54, 1.807) is 28.6 Å². The summed E-state index contributed by atoms with van der Waals surface area (Å²) in [6, 6.07) is 13.0. The van der Waals surface area contributed by atoms with E-state index in [-0.39, 0.29) is 24.0 Å². The first-order chi connectivity index (χ1) is 12.8. The number of sulfonamides is 1. The lowest BCUT2D eigenvalue weighted by Gasteiger charge is -2.15. The first-order valence-corrected chi connectivity index (χ1v) is 10.5. The van der Waals surface area contributed by atoms with E-state index in [0.29, 0.717) is 30.5 Å². The number of nitrogens with zero attached hydrogens (tertiary/aromatic N) is 2. The molecule has 152 valence electrons. The van der Waals surface area contributed by atoms with E-state index >= 15 is 0 Å². The van der Waals surface area contributed by atoms with Crippen molar-refractivity contribution >= 4 is 45.6 Å². The van der Waals surface area contributed by atoms with E-state index in [0.717, 1.165) is 35.2 Å². The molecule has 1 saturated heterocycles. The Balaban J connectivity index is 0.00000280. The van der Waals surface area contributed by atoms with Crippen LogP contribution in [-0.2, 0) is 16.6 Å². The first kappa shape index (κ1) is 22.6. The standard InChI is InChI=1S/C20H26N4O2S.HI/c1-15-11-16(2)13-18(12-15)23-20(21)22-14-17-5-7-19(8-6-17)27(25,26)24-9-3-4-10-24;/h5-8,11-13H,3-4,9-10,14H2,1-2H3,(H3,21,22,23);1H. The van der Waals surface area contributed by atoms with Crippen LogP contribution in [0.15, 0.2) is 52.4 Å². The number of halogens is 1. The molecular formula is C20H27IN4O2S. The molecule has 0 radical (unpaired) electrons. The zero-order chi connectivity index (χ0) is 19.4. The van der Waals surface area contributed by atoms with Crippen molar-refractivity contribution in [3.8, 4) is 0 Å². The van der Waals surface area contributed by atoms with Crippen LogP contribution in [0.1, 0.15) is 29.5 Å². The summed E-state index contributed by atoms with van der Waals surface area (Å²) in [4.78, 5) is 4.67. The highest BCUT2D eigenvalue weighted by Crippen LogP contribution is 2.21. The summed E-state index contributed by atoms with van der Waals surface area (Å²) in [6.45, 7) is 5.66. The highest BCUT2D eigenvalue weighted by Gasteiger charge is 2.26. The zero-order valence-corrected chi connectivity index (χ0v) is 19.3. The van der Waals surface area contributed by atoms with Gasteiger partial charge in [-0.3, -0.25) is 0 Å². The second-order valence-corrected chi connectivity index (χ2v) is 8.90. The lowest BCUT2D eigenvalue weighted by molar-refractivity contribution is 0.477. The number of hydrogen-bond donors (Lipinski definition) is 2. The fourth-order valence-corrected chi connectivity index (χ4v) is 4.77. The van der Waals surface area contributed by atoms with Crippen LogP contribution in [0.25, 0.3) is 0 Å². The van der Waals surface area contributed by atoms with Crippen LogP contribution in [0.4, 0.5) is 5.69 Å². The number of guanidine groups is 1. The summed E-state index contributed by atoms with van der Waals surface area (Å²) in [7, 11) is -3.38. The van der Waals surface area contributed by atoms with Crippen LogP contribution < -0.4 is 11.1 Å². The SMILES string of the molecule is Cc1cc(C)cc(NC(N)=NCc2ccc(S(=O)(=O)N3CCCC3)cc2)c1.I. The van der Waals surface area contributed by atoms with Gasteiger partial charge in [0.25, 0.3) is 0 Å². The maximum atomic E-state index is 12.5. The molecule has 0 aromatic heterocycles. The van der Waals surface area contributed by atoms with E-state index in [1.165, 1.54) is 0 Å². The molecule has 1 aliphatic heterocycles. The lowest BCUT2D eigenvalue weighted by atomic mass is 10.1. The van der Waals surface area contributed by atoms with Crippen LogP contribution in [0, 0.1) is 13.8 Å². The fourth-order valence-electron chi connectivity index (χ4n) is 3.26. The van der Waals surface area contributed by atoms with Crippen LogP contribution in [-0.4, -0.2) is 31.8 Å². The fraction of sp³-hybridized carbons (Fsp3) is 0.350. The van der Waals surface area contributed by atoms with Gasteiger partial charge >= 0.3 is 0 Å². The molecule has 2 aromatic rings. The average molecular weight is 514 g/mol. The Labute approximate surface area is 184 Å². The van der Waals surface area contributed by atoms with Gasteiger partial charge in [0.15, 0.2) is 5.96 Å². The predicted octanol–water partition coefficient (Wildman–Crippen LogP) is 3.63. The third-order valence-corrected chi connectivity index (χ3v) is 6.47. The third-order valence-electron chi connectivity index (χ3n) is 4.55. The molecule has 1 aliphatic rings. The van der Waals surface area contributed by atoms with Gasteiger partial charge in [-0.25, -0.2) is 13.4 Å². The lowest BCUT2D eigenvalue weighted by Crippen LogP contribution is -2.27. The number of nitrogens with one attached hydrogen (secondary N) is 1. The maximum Gasteiger partial charge on any atom is 0.243 e. The normalized spacial score (nSPS) is 15.3. The first-order valence-electron chi connectivity index (χ1n) is 9.09. The molecule has 0 amide bonds. The molecule has 0 unspecified atom stereocenters. The maximum absolute atomic E-state index is 12.5. The summed E-state index contributed by atoms with van der Waals surface area (Å²) in [5.74, 6) is 0.328. The molecule has 1 fully saturated rings. The Kier molecular flexibility index (Phi) is 7.85. The number of rotatable bonds is 5. The Morgan fingerprint density at radius 3 is 2.21 bits per heavy atom. The molecular weight excluding hydrogens is 487 g/mol. The van der Waals surface area contributed by atoms with Crippen LogP contribution in [0.3, 0.4) is 0 Å². The molecule has 28 heavy (non-hydrogen) atoms. The van der Waals surface area contributed by atoms with Crippen LogP contribution in [0.5, 0.6) is 0 Å². The van der Waals surface area contributed by atoms with Gasteiger partial charge in [-0.15, -0.1) is 24.0 Å². The van der Waals surface area contributed by atoms with Gasteiger partial charge < -0.3 is 11.1 Å². The van der Waals surface area contributed by atoms with Crippen molar-refractivity contribution in [2.75, 3.05) is 18.4 Å². The Hall–Kier alpha value is -1.65. The van der Waals surface area contributed by atoms with Crippen molar-refractivity contribution in [3.05, 3.63) is 59.2 Å². The molecule has 3 N–H and O–H groups in total. The molecule has 0 atom stereocenters. The highest BCUT2D eigenvalue weighted by atomic mass is 127. The topological polar surface area (TPSA) is 87.8 Å². The van der Waals surface area contributed by atoms with Crippen LogP contribution in [0.2, 0.25) is 0 Å². The summed E-state index contributed by atoms with van der Waals surface area (Å²) < 4.78 is 26.6. The van der Waals surface area contributed by atoms with Crippen molar-refractivity contribution in [1.29, 1.82) is 0 Å². The summed E-state index contributed by atoms with van der Waals surface area (Å²) in [5, 5.41) is 3.09. The third kappa shape index (κ3) is 5.68. The molecule has 0 aliphatic carbocycles. The van der Waals surface area contributed by atoms with Crippen LogP contribution >= 0.6 is 24.0 Å². The molecule has 2 aromatic carbocycles. The van der Waals surface area contributed by atoms with Gasteiger partial charge in [-0.05, 0) is 67.6 Å². The molecule has 1 heterocycles. The molecule has 0 spiro atoms. The number of aliphatic imine (C=N–C) groups is 1. The number of aryl methyl sites for hydroxylation is 2. The quantitative estimate of drug-likeness (QED) is 0.363. The number of anilines is 1. The van der Waals surface area contributed by atoms with E-state index in [1.807, 2.05) is 26.0 Å². The van der Waals surface area contributed by atoms with E-state index in [4.69, 9.17) is 5.73 Å². The second-order valence-electron chi connectivity index (χ2n) is 6.96. The summed E-state index contributed by atoms with van der Waals surface area (Å²) in [5.41, 5.74) is 10.1. The van der Waals surface area contributed by atoms with Crippen molar-refractivity contribution in [2.24, 2.45) is 10.7 Å². The molecule has 6 nitrogen and oxygen atoms in total. The molecule has 0 saturated carbocycles. The zero-order valence-electron chi connectivity index (χ0n) is 16.2. The van der Waals surface area contributed by atoms with Gasteiger partial charge in [-0.1, -0.05) is 18.2 Å². The highest BCUT2D eigenvalue weighted by molar-refractivity contribution is 14.0. The van der Waals surface area contributed by atoms with Crippen molar-refractivity contribution in [3.63, 3.8) is 0 Å². The monoisotopic (exact) mass is 514 g/mol. The van der Waals surface area contributed by atoms with E-state index in [9.17, 15) is 8.42 Å². The molecule has 8 heteroatoms. The Morgan fingerprint density at radius 1 is 1.07 bits per heavy atom. The van der Waals surface area contributed by atoms with Gasteiger partial charge in [0.1, 0.15) is 0 Å². The minimum Gasteiger partial charge on any atom is -0.370 e. The Bertz CT molecular complexity index is 917. The minimum absolute atomic E-state index is 0. The van der Waals surface area contributed by atoms with Crippen molar-refractivity contribution in [2.45, 2.75) is 38.1 Å². The van der Waals surface area contributed by atoms with Gasteiger partial charge in [0, 0.05) is 18.8 Å². The predicted molar refractivity (Wildman–Crippen MR) is 125 cm³/mol. The minimum atomic E-state index is -3.38. The molecule has 3 rings (SSSR count). The number of benzene rings is 2.